The molecule has 0 atom stereocenters. The van der Waals surface area contributed by atoms with Crippen LogP contribution in [0.25, 0.3) is 11.1 Å². The molecule has 0 saturated carbocycles. The van der Waals surface area contributed by atoms with Crippen molar-refractivity contribution in [3.63, 3.8) is 0 Å². The molecule has 3 N–H and O–H groups in total. The molecule has 0 aliphatic carbocycles. The summed E-state index contributed by atoms with van der Waals surface area (Å²) in [5, 5.41) is 3.41. The maximum Gasteiger partial charge on any atom is 0.275 e. The Bertz CT molecular complexity index is 1320. The summed E-state index contributed by atoms with van der Waals surface area (Å²) >= 11 is 6.37. The highest BCUT2D eigenvalue weighted by Crippen LogP contribution is 2.39. The van der Waals surface area contributed by atoms with Gasteiger partial charge in [-0.25, -0.2) is 9.37 Å². The number of nitrogen functional groups attached to an aromatic ring is 1. The first kappa shape index (κ1) is 22.4. The second kappa shape index (κ2) is 9.34. The van der Waals surface area contributed by atoms with Crippen LogP contribution in [0.2, 0.25) is 5.02 Å². The standard InChI is InChI=1S/C25H21ClFN5O/c1-14-9-17(10-15(2)31-14)18-12-21(27)23(28)19(11-16-5-3-4-6-20(16)26)24(18)32-25(33)22-13-29-7-8-30-22/h3-10,12-13H,11,28H2,1-2H3,(H,32,33). The number of carbonyl (C=O) groups is 1. The van der Waals surface area contributed by atoms with Gasteiger partial charge in [0.2, 0.25) is 0 Å². The number of benzene rings is 2. The lowest BCUT2D eigenvalue weighted by molar-refractivity contribution is 0.102. The minimum Gasteiger partial charge on any atom is -0.396 e. The minimum absolute atomic E-state index is 0.0596. The molecule has 2 aromatic heterocycles. The van der Waals surface area contributed by atoms with Crippen LogP contribution >= 0.6 is 11.6 Å². The number of hydrogen-bond acceptors (Lipinski definition) is 5. The van der Waals surface area contributed by atoms with Crippen molar-refractivity contribution >= 4 is 28.9 Å². The molecule has 6 nitrogen and oxygen atoms in total. The van der Waals surface area contributed by atoms with Gasteiger partial charge in [0.05, 0.1) is 17.6 Å². The summed E-state index contributed by atoms with van der Waals surface area (Å²) in [6.07, 6.45) is 4.48. The summed E-state index contributed by atoms with van der Waals surface area (Å²) in [7, 11) is 0. The van der Waals surface area contributed by atoms with E-state index in [9.17, 15) is 4.79 Å². The average Bonchev–Trinajstić information content (AvgIpc) is 2.79. The number of hydrogen-bond donors (Lipinski definition) is 2. The van der Waals surface area contributed by atoms with Crippen LogP contribution in [0.15, 0.2) is 61.1 Å². The van der Waals surface area contributed by atoms with Crippen molar-refractivity contribution in [1.29, 1.82) is 0 Å². The molecule has 0 unspecified atom stereocenters. The second-order valence-corrected chi connectivity index (χ2v) is 8.03. The summed E-state index contributed by atoms with van der Waals surface area (Å²) in [6.45, 7) is 3.71. The highest BCUT2D eigenvalue weighted by atomic mass is 35.5. The zero-order valence-electron chi connectivity index (χ0n) is 18.1. The SMILES string of the molecule is Cc1cc(-c2cc(F)c(N)c(Cc3ccccc3Cl)c2NC(=O)c2cnccn2)cc(C)n1. The molecule has 2 heterocycles. The molecule has 0 saturated heterocycles. The number of aryl methyl sites for hydroxylation is 2. The van der Waals surface area contributed by atoms with E-state index < -0.39 is 11.7 Å². The van der Waals surface area contributed by atoms with Crippen molar-refractivity contribution < 1.29 is 9.18 Å². The number of rotatable bonds is 5. The predicted molar refractivity (Wildman–Crippen MR) is 128 cm³/mol. The Kier molecular flexibility index (Phi) is 6.33. The van der Waals surface area contributed by atoms with Crippen molar-refractivity contribution in [2.75, 3.05) is 11.1 Å². The first-order valence-corrected chi connectivity index (χ1v) is 10.6. The number of nitrogens with two attached hydrogens (primary N) is 1. The van der Waals surface area contributed by atoms with E-state index in [1.165, 1.54) is 24.7 Å². The van der Waals surface area contributed by atoms with Gasteiger partial charge in [-0.3, -0.25) is 14.8 Å². The summed E-state index contributed by atoms with van der Waals surface area (Å²) in [4.78, 5) is 25.4. The quantitative estimate of drug-likeness (QED) is 0.389. The zero-order chi connectivity index (χ0) is 23.5. The van der Waals surface area contributed by atoms with E-state index in [0.29, 0.717) is 27.4 Å². The van der Waals surface area contributed by atoms with Crippen LogP contribution < -0.4 is 11.1 Å². The Hall–Kier alpha value is -3.84. The average molecular weight is 462 g/mol. The highest BCUT2D eigenvalue weighted by Gasteiger charge is 2.22. The molecule has 33 heavy (non-hydrogen) atoms. The van der Waals surface area contributed by atoms with E-state index in [1.807, 2.05) is 44.2 Å². The second-order valence-electron chi connectivity index (χ2n) is 7.62. The number of nitrogens with one attached hydrogen (secondary N) is 1. The number of nitrogens with zero attached hydrogens (tertiary/aromatic N) is 3. The Morgan fingerprint density at radius 1 is 1.12 bits per heavy atom. The lowest BCUT2D eigenvalue weighted by Gasteiger charge is -2.20. The first-order chi connectivity index (χ1) is 15.8. The third-order valence-electron chi connectivity index (χ3n) is 5.18. The fraction of sp³-hybridized carbons (Fsp3) is 0.120. The van der Waals surface area contributed by atoms with Crippen LogP contribution in [-0.4, -0.2) is 20.9 Å². The number of aromatic nitrogens is 3. The van der Waals surface area contributed by atoms with Gasteiger partial charge in [-0.1, -0.05) is 29.8 Å². The number of pyridine rings is 1. The van der Waals surface area contributed by atoms with Gasteiger partial charge in [-0.2, -0.15) is 0 Å². The van der Waals surface area contributed by atoms with Crippen LogP contribution in [-0.2, 0) is 6.42 Å². The molecule has 0 radical (unpaired) electrons. The lowest BCUT2D eigenvalue weighted by Crippen LogP contribution is -2.17. The maximum atomic E-state index is 15.1. The highest BCUT2D eigenvalue weighted by molar-refractivity contribution is 6.31. The third kappa shape index (κ3) is 4.83. The summed E-state index contributed by atoms with van der Waals surface area (Å²) in [5.74, 6) is -1.07. The summed E-state index contributed by atoms with van der Waals surface area (Å²) in [6, 6.07) is 12.2. The molecule has 8 heteroatoms. The number of amides is 1. The van der Waals surface area contributed by atoms with Crippen molar-refractivity contribution in [3.8, 4) is 11.1 Å². The van der Waals surface area contributed by atoms with Crippen molar-refractivity contribution in [1.82, 2.24) is 15.0 Å². The van der Waals surface area contributed by atoms with E-state index in [1.54, 1.807) is 6.07 Å². The van der Waals surface area contributed by atoms with Crippen LogP contribution in [0.1, 0.15) is 33.0 Å². The van der Waals surface area contributed by atoms with E-state index in [0.717, 1.165) is 17.0 Å². The molecule has 2 aromatic carbocycles. The molecule has 0 aliphatic heterocycles. The number of halogens is 2. The predicted octanol–water partition coefficient (Wildman–Crippen LogP) is 5.37. The molecule has 4 rings (SSSR count). The largest absolute Gasteiger partial charge is 0.396 e. The van der Waals surface area contributed by atoms with Gasteiger partial charge < -0.3 is 11.1 Å². The van der Waals surface area contributed by atoms with Gasteiger partial charge in [-0.05, 0) is 49.2 Å². The fourth-order valence-corrected chi connectivity index (χ4v) is 3.89. The molecule has 4 aromatic rings. The molecule has 0 fully saturated rings. The zero-order valence-corrected chi connectivity index (χ0v) is 18.8. The minimum atomic E-state index is -0.586. The lowest BCUT2D eigenvalue weighted by atomic mass is 9.93. The molecular weight excluding hydrogens is 441 g/mol. The molecule has 0 aliphatic rings. The normalized spacial score (nSPS) is 10.8. The third-order valence-corrected chi connectivity index (χ3v) is 5.55. The van der Waals surface area contributed by atoms with Crippen molar-refractivity contribution in [3.05, 3.63) is 100 Å². The van der Waals surface area contributed by atoms with Crippen molar-refractivity contribution in [2.45, 2.75) is 20.3 Å². The Morgan fingerprint density at radius 3 is 2.52 bits per heavy atom. The topological polar surface area (TPSA) is 93.8 Å². The first-order valence-electron chi connectivity index (χ1n) is 10.2. The van der Waals surface area contributed by atoms with Gasteiger partial charge in [0, 0.05) is 46.4 Å². The van der Waals surface area contributed by atoms with Gasteiger partial charge in [0.15, 0.2) is 0 Å². The van der Waals surface area contributed by atoms with Crippen LogP contribution in [0.4, 0.5) is 15.8 Å². The summed E-state index contributed by atoms with van der Waals surface area (Å²) < 4.78 is 15.1. The van der Waals surface area contributed by atoms with E-state index in [-0.39, 0.29) is 17.8 Å². The van der Waals surface area contributed by atoms with E-state index >= 15 is 4.39 Å². The van der Waals surface area contributed by atoms with Gasteiger partial charge >= 0.3 is 0 Å². The van der Waals surface area contributed by atoms with E-state index in [2.05, 4.69) is 20.3 Å². The molecule has 1 amide bonds. The van der Waals surface area contributed by atoms with Crippen LogP contribution in [0.3, 0.4) is 0 Å². The molecule has 166 valence electrons. The fourth-order valence-electron chi connectivity index (χ4n) is 3.69. The van der Waals surface area contributed by atoms with Gasteiger partial charge in [-0.15, -0.1) is 0 Å². The van der Waals surface area contributed by atoms with Crippen LogP contribution in [0, 0.1) is 19.7 Å². The molecule has 0 bridgehead atoms. The van der Waals surface area contributed by atoms with Gasteiger partial charge in [0.25, 0.3) is 5.91 Å². The number of carbonyl (C=O) groups excluding carboxylic acids is 1. The van der Waals surface area contributed by atoms with Crippen molar-refractivity contribution in [2.24, 2.45) is 0 Å². The smallest absolute Gasteiger partial charge is 0.275 e. The number of anilines is 2. The van der Waals surface area contributed by atoms with E-state index in [4.69, 9.17) is 17.3 Å². The molecular formula is C25H21ClFN5O. The Labute approximate surface area is 195 Å². The maximum absolute atomic E-state index is 15.1. The Balaban J connectivity index is 1.93. The summed E-state index contributed by atoms with van der Waals surface area (Å²) in [5.41, 5.74) is 10.5. The van der Waals surface area contributed by atoms with Gasteiger partial charge in [0.1, 0.15) is 11.5 Å². The Morgan fingerprint density at radius 2 is 1.85 bits per heavy atom. The molecule has 0 spiro atoms. The monoisotopic (exact) mass is 461 g/mol. The van der Waals surface area contributed by atoms with Crippen LogP contribution in [0.5, 0.6) is 0 Å².